The molecule has 0 saturated heterocycles. The Morgan fingerprint density at radius 1 is 1.44 bits per heavy atom. The maximum atomic E-state index is 12.2. The molecule has 1 aliphatic carbocycles. The van der Waals surface area contributed by atoms with E-state index in [0.29, 0.717) is 19.5 Å². The van der Waals surface area contributed by atoms with Crippen LogP contribution in [0.1, 0.15) is 36.9 Å². The molecular weight excluding hydrogens is 316 g/mol. The fourth-order valence-electron chi connectivity index (χ4n) is 3.59. The van der Waals surface area contributed by atoms with Crippen molar-refractivity contribution >= 4 is 11.7 Å². The number of imidazole rings is 1. The molecule has 6 heteroatoms. The standard InChI is InChI=1S/C19H28N4O2/c1-14-6-5-11-23-13-16(21-18(14)23)9-10-20-19(25)22(2)12-15-7-3-4-8-17(15)24/h5-6,11,13,15,17,24H,3-4,7-10,12H2,1-2H3,(H,20,25). The fourth-order valence-corrected chi connectivity index (χ4v) is 3.59. The zero-order valence-electron chi connectivity index (χ0n) is 15.1. The first-order valence-electron chi connectivity index (χ1n) is 9.15. The first-order valence-corrected chi connectivity index (χ1v) is 9.15. The molecule has 1 fully saturated rings. The monoisotopic (exact) mass is 344 g/mol. The van der Waals surface area contributed by atoms with Gasteiger partial charge in [-0.25, -0.2) is 9.78 Å². The van der Waals surface area contributed by atoms with Crippen molar-refractivity contribution in [2.24, 2.45) is 5.92 Å². The van der Waals surface area contributed by atoms with E-state index in [-0.39, 0.29) is 18.1 Å². The van der Waals surface area contributed by atoms with Crippen molar-refractivity contribution < 1.29 is 9.90 Å². The second-order valence-corrected chi connectivity index (χ2v) is 7.13. The second-order valence-electron chi connectivity index (χ2n) is 7.13. The summed E-state index contributed by atoms with van der Waals surface area (Å²) in [5.41, 5.74) is 3.08. The lowest BCUT2D eigenvalue weighted by Gasteiger charge is -2.31. The van der Waals surface area contributed by atoms with Crippen LogP contribution >= 0.6 is 0 Å². The molecule has 2 atom stereocenters. The van der Waals surface area contributed by atoms with E-state index in [1.807, 2.05) is 35.9 Å². The van der Waals surface area contributed by atoms with Gasteiger partial charge in [0, 0.05) is 44.9 Å². The number of aromatic nitrogens is 2. The van der Waals surface area contributed by atoms with Crippen molar-refractivity contribution in [3.8, 4) is 0 Å². The Labute approximate surface area is 148 Å². The number of amides is 2. The summed E-state index contributed by atoms with van der Waals surface area (Å²) in [5.74, 6) is 0.200. The largest absolute Gasteiger partial charge is 0.393 e. The number of nitrogens with one attached hydrogen (secondary N) is 1. The maximum Gasteiger partial charge on any atom is 0.317 e. The number of fused-ring (bicyclic) bond motifs is 1. The molecule has 2 heterocycles. The van der Waals surface area contributed by atoms with Gasteiger partial charge in [-0.1, -0.05) is 18.9 Å². The normalized spacial score (nSPS) is 20.6. The van der Waals surface area contributed by atoms with E-state index in [4.69, 9.17) is 0 Å². The third kappa shape index (κ3) is 4.31. The number of hydrogen-bond acceptors (Lipinski definition) is 3. The van der Waals surface area contributed by atoms with E-state index in [1.54, 1.807) is 11.9 Å². The molecule has 0 aromatic carbocycles. The average molecular weight is 344 g/mol. The number of pyridine rings is 1. The highest BCUT2D eigenvalue weighted by atomic mass is 16.3. The van der Waals surface area contributed by atoms with Crippen LogP contribution < -0.4 is 5.32 Å². The lowest BCUT2D eigenvalue weighted by atomic mass is 9.86. The maximum absolute atomic E-state index is 12.2. The molecule has 0 spiro atoms. The molecule has 2 N–H and O–H groups in total. The van der Waals surface area contributed by atoms with Crippen molar-refractivity contribution in [3.63, 3.8) is 0 Å². The Bertz CT molecular complexity index is 727. The SMILES string of the molecule is Cc1cccn2cc(CCNC(=O)N(C)CC3CCCCC3O)nc12. The van der Waals surface area contributed by atoms with E-state index < -0.39 is 0 Å². The van der Waals surface area contributed by atoms with Crippen molar-refractivity contribution in [2.45, 2.75) is 45.1 Å². The Morgan fingerprint density at radius 3 is 3.00 bits per heavy atom. The number of hydrogen-bond donors (Lipinski definition) is 2. The molecule has 2 aromatic rings. The van der Waals surface area contributed by atoms with E-state index >= 15 is 0 Å². The molecule has 0 radical (unpaired) electrons. The Morgan fingerprint density at radius 2 is 2.24 bits per heavy atom. The number of rotatable bonds is 5. The molecule has 0 aliphatic heterocycles. The zero-order chi connectivity index (χ0) is 17.8. The summed E-state index contributed by atoms with van der Waals surface area (Å²) in [4.78, 5) is 18.6. The summed E-state index contributed by atoms with van der Waals surface area (Å²) in [6.45, 7) is 3.21. The quantitative estimate of drug-likeness (QED) is 0.875. The number of aryl methyl sites for hydroxylation is 1. The van der Waals surface area contributed by atoms with Crippen LogP contribution in [0, 0.1) is 12.8 Å². The van der Waals surface area contributed by atoms with Gasteiger partial charge in [-0.2, -0.15) is 0 Å². The van der Waals surface area contributed by atoms with Gasteiger partial charge in [0.25, 0.3) is 0 Å². The highest BCUT2D eigenvalue weighted by Gasteiger charge is 2.25. The van der Waals surface area contributed by atoms with Crippen molar-refractivity contribution in [2.75, 3.05) is 20.1 Å². The molecular formula is C19H28N4O2. The summed E-state index contributed by atoms with van der Waals surface area (Å²) in [6.07, 6.45) is 8.51. The molecule has 3 rings (SSSR count). The van der Waals surface area contributed by atoms with Crippen LogP contribution in [0.2, 0.25) is 0 Å². The van der Waals surface area contributed by atoms with Gasteiger partial charge in [-0.3, -0.25) is 0 Å². The predicted octanol–water partition coefficient (Wildman–Crippen LogP) is 2.38. The first-order chi connectivity index (χ1) is 12.0. The Hall–Kier alpha value is -2.08. The minimum absolute atomic E-state index is 0.0854. The van der Waals surface area contributed by atoms with Crippen LogP contribution in [0.4, 0.5) is 4.79 Å². The van der Waals surface area contributed by atoms with Crippen molar-refractivity contribution in [1.29, 1.82) is 0 Å². The van der Waals surface area contributed by atoms with Crippen LogP contribution in [0.15, 0.2) is 24.5 Å². The van der Waals surface area contributed by atoms with E-state index in [9.17, 15) is 9.90 Å². The molecule has 2 aromatic heterocycles. The Balaban J connectivity index is 1.47. The number of aliphatic hydroxyl groups is 1. The summed E-state index contributed by atoms with van der Waals surface area (Å²) in [6, 6.07) is 3.96. The smallest absolute Gasteiger partial charge is 0.317 e. The zero-order valence-corrected chi connectivity index (χ0v) is 15.1. The van der Waals surface area contributed by atoms with Gasteiger partial charge in [0.1, 0.15) is 5.65 Å². The number of aliphatic hydroxyl groups excluding tert-OH is 1. The molecule has 2 amide bonds. The van der Waals surface area contributed by atoms with Gasteiger partial charge in [0.15, 0.2) is 0 Å². The van der Waals surface area contributed by atoms with Gasteiger partial charge >= 0.3 is 6.03 Å². The number of carbonyl (C=O) groups is 1. The average Bonchev–Trinajstić information content (AvgIpc) is 3.01. The molecule has 6 nitrogen and oxygen atoms in total. The first kappa shape index (κ1) is 17.7. The highest BCUT2D eigenvalue weighted by Crippen LogP contribution is 2.24. The van der Waals surface area contributed by atoms with Crippen LogP contribution in [0.5, 0.6) is 0 Å². The summed E-state index contributed by atoms with van der Waals surface area (Å²) in [7, 11) is 1.80. The molecule has 1 saturated carbocycles. The van der Waals surface area contributed by atoms with Crippen LogP contribution in [0.3, 0.4) is 0 Å². The second kappa shape index (κ2) is 7.87. The summed E-state index contributed by atoms with van der Waals surface area (Å²) < 4.78 is 2.02. The lowest BCUT2D eigenvalue weighted by Crippen LogP contribution is -2.43. The minimum atomic E-state index is -0.273. The van der Waals surface area contributed by atoms with Crippen LogP contribution in [-0.2, 0) is 6.42 Å². The summed E-state index contributed by atoms with van der Waals surface area (Å²) in [5, 5.41) is 13.0. The topological polar surface area (TPSA) is 69.9 Å². The molecule has 25 heavy (non-hydrogen) atoms. The van der Waals surface area contributed by atoms with Gasteiger partial charge in [0.05, 0.1) is 11.8 Å². The van der Waals surface area contributed by atoms with Gasteiger partial charge < -0.3 is 19.7 Å². The fraction of sp³-hybridized carbons (Fsp3) is 0.579. The van der Waals surface area contributed by atoms with Crippen molar-refractivity contribution in [3.05, 3.63) is 35.8 Å². The van der Waals surface area contributed by atoms with Crippen LogP contribution in [-0.4, -0.2) is 51.7 Å². The highest BCUT2D eigenvalue weighted by molar-refractivity contribution is 5.73. The van der Waals surface area contributed by atoms with Crippen molar-refractivity contribution in [1.82, 2.24) is 19.6 Å². The molecule has 2 unspecified atom stereocenters. The lowest BCUT2D eigenvalue weighted by molar-refractivity contribution is 0.0565. The van der Waals surface area contributed by atoms with E-state index in [2.05, 4.69) is 10.3 Å². The molecule has 0 bridgehead atoms. The Kier molecular flexibility index (Phi) is 5.58. The van der Waals surface area contributed by atoms with Gasteiger partial charge in [-0.05, 0) is 31.4 Å². The molecule has 1 aliphatic rings. The van der Waals surface area contributed by atoms with Crippen LogP contribution in [0.25, 0.3) is 5.65 Å². The third-order valence-electron chi connectivity index (χ3n) is 5.11. The number of nitrogens with zero attached hydrogens (tertiary/aromatic N) is 3. The predicted molar refractivity (Wildman–Crippen MR) is 97.6 cm³/mol. The number of urea groups is 1. The van der Waals surface area contributed by atoms with Gasteiger partial charge in [-0.15, -0.1) is 0 Å². The third-order valence-corrected chi connectivity index (χ3v) is 5.11. The number of carbonyl (C=O) groups excluding carboxylic acids is 1. The van der Waals surface area contributed by atoms with E-state index in [1.165, 1.54) is 0 Å². The summed E-state index contributed by atoms with van der Waals surface area (Å²) >= 11 is 0. The van der Waals surface area contributed by atoms with E-state index in [0.717, 1.165) is 42.6 Å². The molecule has 136 valence electrons. The van der Waals surface area contributed by atoms with Gasteiger partial charge in [0.2, 0.25) is 0 Å². The minimum Gasteiger partial charge on any atom is -0.393 e.